The van der Waals surface area contributed by atoms with Gasteiger partial charge >= 0.3 is 0 Å². The lowest BCUT2D eigenvalue weighted by atomic mass is 10.0. The van der Waals surface area contributed by atoms with Gasteiger partial charge < -0.3 is 20.2 Å². The van der Waals surface area contributed by atoms with Crippen LogP contribution in [-0.4, -0.2) is 12.5 Å². The summed E-state index contributed by atoms with van der Waals surface area (Å²) in [4.78, 5) is 11.0. The van der Waals surface area contributed by atoms with E-state index < -0.39 is 5.91 Å². The molecular formula is C16H17FN2O3. The van der Waals surface area contributed by atoms with Crippen molar-refractivity contribution in [2.24, 2.45) is 5.73 Å². The summed E-state index contributed by atoms with van der Waals surface area (Å²) in [6.07, 6.45) is 1.71. The molecule has 6 heteroatoms. The molecule has 0 spiro atoms. The highest BCUT2D eigenvalue weighted by atomic mass is 19.1. The van der Waals surface area contributed by atoms with E-state index in [0.29, 0.717) is 24.7 Å². The Morgan fingerprint density at radius 2 is 2.23 bits per heavy atom. The fourth-order valence-electron chi connectivity index (χ4n) is 2.59. The molecule has 22 heavy (non-hydrogen) atoms. The number of halogens is 1. The van der Waals surface area contributed by atoms with E-state index in [4.69, 9.17) is 14.9 Å². The molecule has 3 rings (SSSR count). The summed E-state index contributed by atoms with van der Waals surface area (Å²) in [5.41, 5.74) is 5.96. The first-order valence-corrected chi connectivity index (χ1v) is 7.17. The number of nitrogens with one attached hydrogen (secondary N) is 1. The van der Waals surface area contributed by atoms with Crippen LogP contribution in [-0.2, 0) is 6.54 Å². The second kappa shape index (κ2) is 6.19. The fraction of sp³-hybridized carbons (Fsp3) is 0.312. The SMILES string of the molecule is NC(=O)c1ccc(CN[C@@H]2CCCOc3ccc(F)cc32)o1. The highest BCUT2D eigenvalue weighted by molar-refractivity contribution is 5.89. The minimum Gasteiger partial charge on any atom is -0.493 e. The third-order valence-corrected chi connectivity index (χ3v) is 3.67. The Morgan fingerprint density at radius 1 is 1.36 bits per heavy atom. The van der Waals surface area contributed by atoms with Gasteiger partial charge in [0.15, 0.2) is 5.76 Å². The number of carbonyl (C=O) groups excluding carboxylic acids is 1. The van der Waals surface area contributed by atoms with Crippen molar-refractivity contribution in [2.45, 2.75) is 25.4 Å². The van der Waals surface area contributed by atoms with E-state index in [1.807, 2.05) is 0 Å². The average Bonchev–Trinajstić information content (AvgIpc) is 2.88. The molecule has 116 valence electrons. The van der Waals surface area contributed by atoms with Crippen molar-refractivity contribution >= 4 is 5.91 Å². The predicted molar refractivity (Wildman–Crippen MR) is 77.9 cm³/mol. The summed E-state index contributed by atoms with van der Waals surface area (Å²) in [6, 6.07) is 7.76. The molecule has 0 unspecified atom stereocenters. The van der Waals surface area contributed by atoms with Gasteiger partial charge in [0, 0.05) is 11.6 Å². The second-order valence-electron chi connectivity index (χ2n) is 5.24. The van der Waals surface area contributed by atoms with Crippen LogP contribution >= 0.6 is 0 Å². The zero-order valence-corrected chi connectivity index (χ0v) is 12.0. The van der Waals surface area contributed by atoms with Crippen LogP contribution in [0.5, 0.6) is 5.75 Å². The topological polar surface area (TPSA) is 77.5 Å². The number of benzene rings is 1. The van der Waals surface area contributed by atoms with Crippen LogP contribution in [0.25, 0.3) is 0 Å². The third-order valence-electron chi connectivity index (χ3n) is 3.67. The zero-order valence-electron chi connectivity index (χ0n) is 12.0. The summed E-state index contributed by atoms with van der Waals surface area (Å²) in [5, 5.41) is 3.32. The van der Waals surface area contributed by atoms with Gasteiger partial charge in [-0.3, -0.25) is 4.79 Å². The molecule has 0 aliphatic carbocycles. The maximum absolute atomic E-state index is 13.5. The van der Waals surface area contributed by atoms with Crippen LogP contribution in [0, 0.1) is 5.82 Å². The summed E-state index contributed by atoms with van der Waals surface area (Å²) in [7, 11) is 0. The maximum Gasteiger partial charge on any atom is 0.284 e. The van der Waals surface area contributed by atoms with Gasteiger partial charge in [0.05, 0.1) is 13.2 Å². The number of furan rings is 1. The lowest BCUT2D eigenvalue weighted by Gasteiger charge is -2.17. The number of hydrogen-bond acceptors (Lipinski definition) is 4. The van der Waals surface area contributed by atoms with E-state index >= 15 is 0 Å². The number of ether oxygens (including phenoxy) is 1. The summed E-state index contributed by atoms with van der Waals surface area (Å²) in [5.74, 6) is 0.560. The molecule has 0 saturated carbocycles. The molecule has 1 aromatic carbocycles. The number of amides is 1. The molecule has 5 nitrogen and oxygen atoms in total. The van der Waals surface area contributed by atoms with Crippen molar-refractivity contribution in [3.63, 3.8) is 0 Å². The summed E-state index contributed by atoms with van der Waals surface area (Å²) < 4.78 is 24.5. The number of primary amides is 1. The standard InChI is InChI=1S/C16H17FN2O3/c17-10-3-5-14-12(8-10)13(2-1-7-21-14)19-9-11-4-6-15(22-11)16(18)20/h3-6,8,13,19H,1-2,7,9H2,(H2,18,20)/t13-/m1/s1. The Labute approximate surface area is 127 Å². The number of carbonyl (C=O) groups is 1. The van der Waals surface area contributed by atoms with Crippen LogP contribution in [0.15, 0.2) is 34.7 Å². The van der Waals surface area contributed by atoms with Crippen molar-refractivity contribution in [3.05, 3.63) is 53.2 Å². The molecule has 0 fully saturated rings. The Bertz CT molecular complexity index is 684. The molecule has 0 radical (unpaired) electrons. The number of nitrogens with two attached hydrogens (primary N) is 1. The first kappa shape index (κ1) is 14.6. The van der Waals surface area contributed by atoms with E-state index in [9.17, 15) is 9.18 Å². The van der Waals surface area contributed by atoms with Crippen molar-refractivity contribution in [2.75, 3.05) is 6.61 Å². The van der Waals surface area contributed by atoms with Crippen LogP contribution in [0.2, 0.25) is 0 Å². The summed E-state index contributed by atoms with van der Waals surface area (Å²) >= 11 is 0. The van der Waals surface area contributed by atoms with Gasteiger partial charge in [-0.2, -0.15) is 0 Å². The van der Waals surface area contributed by atoms with Gasteiger partial charge in [0.2, 0.25) is 0 Å². The lowest BCUT2D eigenvalue weighted by molar-refractivity contribution is 0.0972. The minimum absolute atomic E-state index is 0.0321. The average molecular weight is 304 g/mol. The minimum atomic E-state index is -0.596. The van der Waals surface area contributed by atoms with Gasteiger partial charge in [-0.25, -0.2) is 4.39 Å². The van der Waals surface area contributed by atoms with Crippen LogP contribution in [0.4, 0.5) is 4.39 Å². The molecule has 1 aromatic heterocycles. The van der Waals surface area contributed by atoms with E-state index in [1.165, 1.54) is 12.1 Å². The molecule has 3 N–H and O–H groups in total. The van der Waals surface area contributed by atoms with E-state index in [0.717, 1.165) is 18.4 Å². The Hall–Kier alpha value is -2.34. The molecule has 1 aliphatic rings. The molecular weight excluding hydrogens is 287 g/mol. The van der Waals surface area contributed by atoms with Crippen molar-refractivity contribution in [3.8, 4) is 5.75 Å². The smallest absolute Gasteiger partial charge is 0.284 e. The first-order chi connectivity index (χ1) is 10.6. The predicted octanol–water partition coefficient (Wildman–Crippen LogP) is 2.52. The third kappa shape index (κ3) is 3.12. The van der Waals surface area contributed by atoms with E-state index in [1.54, 1.807) is 18.2 Å². The number of hydrogen-bond donors (Lipinski definition) is 2. The molecule has 2 heterocycles. The first-order valence-electron chi connectivity index (χ1n) is 7.17. The Morgan fingerprint density at radius 3 is 3.00 bits per heavy atom. The maximum atomic E-state index is 13.5. The number of rotatable bonds is 4. The molecule has 0 saturated heterocycles. The van der Waals surface area contributed by atoms with Crippen LogP contribution in [0.3, 0.4) is 0 Å². The molecule has 1 amide bonds. The van der Waals surface area contributed by atoms with Gasteiger partial charge in [0.25, 0.3) is 5.91 Å². The van der Waals surface area contributed by atoms with Gasteiger partial charge in [0.1, 0.15) is 17.3 Å². The van der Waals surface area contributed by atoms with E-state index in [2.05, 4.69) is 5.32 Å². The van der Waals surface area contributed by atoms with Gasteiger partial charge in [-0.1, -0.05) is 0 Å². The van der Waals surface area contributed by atoms with Crippen molar-refractivity contribution in [1.29, 1.82) is 0 Å². The van der Waals surface area contributed by atoms with Crippen molar-refractivity contribution in [1.82, 2.24) is 5.32 Å². The molecule has 0 bridgehead atoms. The lowest BCUT2D eigenvalue weighted by Crippen LogP contribution is -2.20. The molecule has 1 atom stereocenters. The van der Waals surface area contributed by atoms with E-state index in [-0.39, 0.29) is 17.6 Å². The number of fused-ring (bicyclic) bond motifs is 1. The molecule has 2 aromatic rings. The molecule has 1 aliphatic heterocycles. The van der Waals surface area contributed by atoms with Crippen LogP contribution in [0.1, 0.15) is 40.8 Å². The van der Waals surface area contributed by atoms with Gasteiger partial charge in [-0.15, -0.1) is 0 Å². The normalized spacial score (nSPS) is 17.4. The second-order valence-corrected chi connectivity index (χ2v) is 5.24. The largest absolute Gasteiger partial charge is 0.493 e. The Balaban J connectivity index is 1.74. The zero-order chi connectivity index (χ0) is 15.5. The quantitative estimate of drug-likeness (QED) is 0.910. The fourth-order valence-corrected chi connectivity index (χ4v) is 2.59. The Kier molecular flexibility index (Phi) is 4.11. The van der Waals surface area contributed by atoms with Gasteiger partial charge in [-0.05, 0) is 43.2 Å². The highest BCUT2D eigenvalue weighted by Crippen LogP contribution is 2.32. The monoisotopic (exact) mass is 304 g/mol. The van der Waals surface area contributed by atoms with Crippen LogP contribution < -0.4 is 15.8 Å². The summed E-state index contributed by atoms with van der Waals surface area (Å²) in [6.45, 7) is 1.04. The van der Waals surface area contributed by atoms with Crippen molar-refractivity contribution < 1.29 is 18.3 Å². The highest BCUT2D eigenvalue weighted by Gasteiger charge is 2.20.